The molecule has 166 valence electrons. The van der Waals surface area contributed by atoms with Gasteiger partial charge in [-0.25, -0.2) is 4.39 Å². The summed E-state index contributed by atoms with van der Waals surface area (Å²) >= 11 is 0. The number of anilines is 3. The zero-order valence-corrected chi connectivity index (χ0v) is 18.1. The van der Waals surface area contributed by atoms with Gasteiger partial charge in [0.05, 0.1) is 36.2 Å². The molecule has 8 heteroatoms. The molecule has 1 heterocycles. The summed E-state index contributed by atoms with van der Waals surface area (Å²) in [5.74, 6) is 1.33. The fourth-order valence-electron chi connectivity index (χ4n) is 3.37. The monoisotopic (exact) mass is 444 g/mol. The van der Waals surface area contributed by atoms with Gasteiger partial charge in [0.2, 0.25) is 0 Å². The second kappa shape index (κ2) is 9.32. The van der Waals surface area contributed by atoms with E-state index in [4.69, 9.17) is 19.9 Å². The summed E-state index contributed by atoms with van der Waals surface area (Å²) in [5.41, 5.74) is 8.78. The molecule has 0 fully saturated rings. The molecule has 7 nitrogen and oxygen atoms in total. The molecule has 1 aromatic heterocycles. The predicted octanol–water partition coefficient (Wildman–Crippen LogP) is 5.77. The van der Waals surface area contributed by atoms with E-state index in [0.29, 0.717) is 63.1 Å². The van der Waals surface area contributed by atoms with E-state index in [-0.39, 0.29) is 0 Å². The van der Waals surface area contributed by atoms with Crippen LogP contribution in [0.3, 0.4) is 0 Å². The number of rotatable bonds is 7. The summed E-state index contributed by atoms with van der Waals surface area (Å²) in [6.45, 7) is 2.35. The first-order valence-electron chi connectivity index (χ1n) is 10.2. The summed E-state index contributed by atoms with van der Waals surface area (Å²) in [6, 6.07) is 16.7. The van der Waals surface area contributed by atoms with Gasteiger partial charge in [-0.3, -0.25) is 4.98 Å². The smallest absolute Gasteiger partial charge is 0.169 e. The van der Waals surface area contributed by atoms with Crippen LogP contribution >= 0.6 is 0 Å². The van der Waals surface area contributed by atoms with Gasteiger partial charge in [-0.05, 0) is 37.3 Å². The third-order valence-corrected chi connectivity index (χ3v) is 4.88. The minimum Gasteiger partial charge on any atom is -0.493 e. The highest BCUT2D eigenvalue weighted by Crippen LogP contribution is 2.38. The number of nitrogens with zero attached hydrogens (tertiary/aromatic N) is 2. The first kappa shape index (κ1) is 21.7. The first-order chi connectivity index (χ1) is 16.0. The van der Waals surface area contributed by atoms with Gasteiger partial charge < -0.3 is 25.3 Å². The maximum atomic E-state index is 13.5. The zero-order chi connectivity index (χ0) is 23.4. The first-order valence-corrected chi connectivity index (χ1v) is 10.2. The molecular formula is C25H21FN4O3. The summed E-state index contributed by atoms with van der Waals surface area (Å²) in [6.07, 6.45) is 1.50. The topological polar surface area (TPSA) is 102 Å². The van der Waals surface area contributed by atoms with E-state index in [1.807, 2.05) is 6.92 Å². The fraction of sp³-hybridized carbons (Fsp3) is 0.120. The number of hydrogen-bond donors (Lipinski definition) is 2. The molecule has 0 radical (unpaired) electrons. The van der Waals surface area contributed by atoms with Crippen LogP contribution in [0.1, 0.15) is 12.5 Å². The van der Waals surface area contributed by atoms with Crippen LogP contribution in [0, 0.1) is 17.1 Å². The van der Waals surface area contributed by atoms with Gasteiger partial charge in [-0.2, -0.15) is 5.26 Å². The molecule has 0 saturated heterocycles. The van der Waals surface area contributed by atoms with Crippen LogP contribution in [-0.2, 0) is 0 Å². The average Bonchev–Trinajstić information content (AvgIpc) is 2.81. The van der Waals surface area contributed by atoms with Crippen molar-refractivity contribution in [3.63, 3.8) is 0 Å². The van der Waals surface area contributed by atoms with Crippen LogP contribution < -0.4 is 25.3 Å². The molecule has 0 spiro atoms. The van der Waals surface area contributed by atoms with E-state index in [1.54, 1.807) is 42.5 Å². The Morgan fingerprint density at radius 2 is 1.94 bits per heavy atom. The summed E-state index contributed by atoms with van der Waals surface area (Å²) in [7, 11) is 1.51. The molecule has 3 N–H and O–H groups in total. The maximum absolute atomic E-state index is 13.5. The molecule has 4 aromatic rings. The number of nitrogens with two attached hydrogens (primary N) is 1. The molecular weight excluding hydrogens is 423 g/mol. The molecule has 0 aliphatic heterocycles. The van der Waals surface area contributed by atoms with Crippen LogP contribution in [0.15, 0.2) is 60.8 Å². The molecule has 0 aliphatic carbocycles. The Bertz CT molecular complexity index is 1370. The van der Waals surface area contributed by atoms with Crippen molar-refractivity contribution >= 4 is 28.0 Å². The lowest BCUT2D eigenvalue weighted by Crippen LogP contribution is -2.01. The summed E-state index contributed by atoms with van der Waals surface area (Å²) in [4.78, 5) is 4.37. The molecule has 3 aromatic carbocycles. The highest BCUT2D eigenvalue weighted by molar-refractivity contribution is 5.98. The van der Waals surface area contributed by atoms with Gasteiger partial charge in [-0.15, -0.1) is 0 Å². The molecule has 0 bridgehead atoms. The number of ether oxygens (including phenoxy) is 3. The Labute approximate surface area is 190 Å². The second-order valence-electron chi connectivity index (χ2n) is 7.05. The van der Waals surface area contributed by atoms with Gasteiger partial charge in [0, 0.05) is 35.5 Å². The van der Waals surface area contributed by atoms with E-state index in [9.17, 15) is 9.65 Å². The van der Waals surface area contributed by atoms with Crippen molar-refractivity contribution in [2.24, 2.45) is 0 Å². The molecule has 0 atom stereocenters. The minimum absolute atomic E-state index is 0.349. The normalized spacial score (nSPS) is 10.5. The molecule has 0 saturated carbocycles. The van der Waals surface area contributed by atoms with E-state index < -0.39 is 5.82 Å². The number of nitrogen functional groups attached to an aromatic ring is 1. The number of nitriles is 1. The van der Waals surface area contributed by atoms with Crippen molar-refractivity contribution in [3.05, 3.63) is 72.2 Å². The largest absolute Gasteiger partial charge is 0.493 e. The molecule has 0 unspecified atom stereocenters. The number of methoxy groups -OCH3 is 1. The van der Waals surface area contributed by atoms with Crippen LogP contribution in [0.4, 0.5) is 21.5 Å². The van der Waals surface area contributed by atoms with Crippen molar-refractivity contribution in [3.8, 4) is 29.1 Å². The molecule has 4 rings (SSSR count). The Balaban J connectivity index is 1.71. The standard InChI is InChI=1S/C25H21FN4O3/c1-3-32-23-12-21-19(11-20(23)28)25(15(13-27)14-29-21)30-17-7-8-22(24(10-17)31-2)33-18-6-4-5-16(26)9-18/h4-12,14H,3,28H2,1-2H3,(H,29,30). The van der Waals surface area contributed by atoms with Gasteiger partial charge >= 0.3 is 0 Å². The highest BCUT2D eigenvalue weighted by atomic mass is 19.1. The lowest BCUT2D eigenvalue weighted by atomic mass is 10.1. The number of benzene rings is 3. The SMILES string of the molecule is CCOc1cc2ncc(C#N)c(Nc3ccc(Oc4cccc(F)c4)c(OC)c3)c2cc1N. The Morgan fingerprint density at radius 3 is 2.67 bits per heavy atom. The zero-order valence-electron chi connectivity index (χ0n) is 18.1. The molecule has 33 heavy (non-hydrogen) atoms. The highest BCUT2D eigenvalue weighted by Gasteiger charge is 2.14. The van der Waals surface area contributed by atoms with Crippen molar-refractivity contribution in [1.82, 2.24) is 4.98 Å². The molecule has 0 amide bonds. The van der Waals surface area contributed by atoms with Crippen molar-refractivity contribution in [1.29, 1.82) is 5.26 Å². The van der Waals surface area contributed by atoms with Gasteiger partial charge in [-0.1, -0.05) is 6.07 Å². The van der Waals surface area contributed by atoms with E-state index in [0.717, 1.165) is 0 Å². The summed E-state index contributed by atoms with van der Waals surface area (Å²) in [5, 5.41) is 13.6. The molecule has 0 aliphatic rings. The van der Waals surface area contributed by atoms with E-state index in [2.05, 4.69) is 16.4 Å². The third-order valence-electron chi connectivity index (χ3n) is 4.88. The van der Waals surface area contributed by atoms with Crippen molar-refractivity contribution in [2.75, 3.05) is 24.8 Å². The minimum atomic E-state index is -0.398. The van der Waals surface area contributed by atoms with E-state index in [1.165, 1.54) is 25.4 Å². The quantitative estimate of drug-likeness (QED) is 0.349. The number of pyridine rings is 1. The van der Waals surface area contributed by atoms with Crippen LogP contribution in [-0.4, -0.2) is 18.7 Å². The van der Waals surface area contributed by atoms with Crippen LogP contribution in [0.25, 0.3) is 10.9 Å². The van der Waals surface area contributed by atoms with Crippen LogP contribution in [0.2, 0.25) is 0 Å². The van der Waals surface area contributed by atoms with Crippen molar-refractivity contribution < 1.29 is 18.6 Å². The summed E-state index contributed by atoms with van der Waals surface area (Å²) < 4.78 is 30.3. The number of aromatic nitrogens is 1. The van der Waals surface area contributed by atoms with E-state index >= 15 is 0 Å². The number of nitrogens with one attached hydrogen (secondary N) is 1. The lowest BCUT2D eigenvalue weighted by Gasteiger charge is -2.16. The lowest BCUT2D eigenvalue weighted by molar-refractivity contribution is 0.342. The van der Waals surface area contributed by atoms with Gasteiger partial charge in [0.15, 0.2) is 11.5 Å². The Kier molecular flexibility index (Phi) is 6.13. The Morgan fingerprint density at radius 1 is 1.09 bits per heavy atom. The predicted molar refractivity (Wildman–Crippen MR) is 125 cm³/mol. The van der Waals surface area contributed by atoms with Gasteiger partial charge in [0.1, 0.15) is 23.4 Å². The third kappa shape index (κ3) is 4.57. The van der Waals surface area contributed by atoms with Crippen LogP contribution in [0.5, 0.6) is 23.0 Å². The number of halogens is 1. The average molecular weight is 444 g/mol. The number of hydrogen-bond acceptors (Lipinski definition) is 7. The maximum Gasteiger partial charge on any atom is 0.169 e. The Hall–Kier alpha value is -4.51. The second-order valence-corrected chi connectivity index (χ2v) is 7.05. The fourth-order valence-corrected chi connectivity index (χ4v) is 3.37. The number of fused-ring (bicyclic) bond motifs is 1. The van der Waals surface area contributed by atoms with Crippen molar-refractivity contribution in [2.45, 2.75) is 6.92 Å². The van der Waals surface area contributed by atoms with Gasteiger partial charge in [0.25, 0.3) is 0 Å².